The monoisotopic (exact) mass is 456 g/mol. The van der Waals surface area contributed by atoms with E-state index in [1.165, 1.54) is 12.0 Å². The summed E-state index contributed by atoms with van der Waals surface area (Å²) < 4.78 is 0. The van der Waals surface area contributed by atoms with Gasteiger partial charge in [-0.25, -0.2) is 0 Å². The molecule has 0 bridgehead atoms. The van der Waals surface area contributed by atoms with E-state index in [1.54, 1.807) is 4.90 Å². The molecule has 2 aliphatic heterocycles. The molecule has 2 saturated heterocycles. The van der Waals surface area contributed by atoms with E-state index in [1.807, 2.05) is 35.2 Å². The highest BCUT2D eigenvalue weighted by molar-refractivity contribution is 5.88. The normalized spacial score (nSPS) is 24.6. The van der Waals surface area contributed by atoms with Gasteiger partial charge in [-0.3, -0.25) is 9.59 Å². The highest BCUT2D eigenvalue weighted by Gasteiger charge is 2.54. The van der Waals surface area contributed by atoms with E-state index < -0.39 is 0 Å². The van der Waals surface area contributed by atoms with Crippen LogP contribution in [0.3, 0.4) is 0 Å². The quantitative estimate of drug-likeness (QED) is 0.718. The lowest BCUT2D eigenvalue weighted by Crippen LogP contribution is -2.73. The van der Waals surface area contributed by atoms with Gasteiger partial charge < -0.3 is 14.9 Å². The van der Waals surface area contributed by atoms with Crippen LogP contribution in [0, 0.1) is 17.8 Å². The van der Waals surface area contributed by atoms with E-state index in [4.69, 9.17) is 0 Å². The number of aliphatic hydroxyl groups excluding tert-OH is 1. The maximum Gasteiger partial charge on any atom is 0.242 e. The maximum atomic E-state index is 13.1. The van der Waals surface area contributed by atoms with Crippen molar-refractivity contribution < 1.29 is 14.7 Å². The molecule has 1 saturated carbocycles. The zero-order valence-corrected chi connectivity index (χ0v) is 19.5. The van der Waals surface area contributed by atoms with Gasteiger partial charge in [0.2, 0.25) is 11.8 Å². The molecule has 3 fully saturated rings. The van der Waals surface area contributed by atoms with E-state index in [-0.39, 0.29) is 48.9 Å². The van der Waals surface area contributed by atoms with Crippen molar-refractivity contribution in [1.82, 2.24) is 9.80 Å². The molecule has 1 aliphatic carbocycles. The Balaban J connectivity index is 1.28. The minimum Gasteiger partial charge on any atom is -0.394 e. The van der Waals surface area contributed by atoms with Gasteiger partial charge in [-0.05, 0) is 36.1 Å². The van der Waals surface area contributed by atoms with Crippen LogP contribution in [-0.4, -0.2) is 58.5 Å². The van der Waals surface area contributed by atoms with Crippen LogP contribution < -0.4 is 0 Å². The molecule has 0 spiro atoms. The van der Waals surface area contributed by atoms with Crippen LogP contribution in [0.15, 0.2) is 54.6 Å². The van der Waals surface area contributed by atoms with E-state index in [0.717, 1.165) is 36.8 Å². The third-order valence-electron chi connectivity index (χ3n) is 7.68. The third-order valence-corrected chi connectivity index (χ3v) is 7.68. The number of nitrogens with zero attached hydrogens (tertiary/aromatic N) is 2. The van der Waals surface area contributed by atoms with Crippen molar-refractivity contribution in [3.05, 3.63) is 71.3 Å². The number of fused-ring (bicyclic) bond motifs is 1. The van der Waals surface area contributed by atoms with E-state index in [0.29, 0.717) is 13.0 Å². The number of hydrogen-bond donors (Lipinski definition) is 1. The van der Waals surface area contributed by atoms with Crippen molar-refractivity contribution in [3.63, 3.8) is 0 Å². The molecule has 176 valence electrons. The Morgan fingerprint density at radius 2 is 1.74 bits per heavy atom. The number of rotatable bonds is 4. The molecule has 5 nitrogen and oxygen atoms in total. The second-order valence-electron chi connectivity index (χ2n) is 9.78. The lowest BCUT2D eigenvalue weighted by atomic mass is 9.73. The van der Waals surface area contributed by atoms with Gasteiger partial charge in [0.25, 0.3) is 0 Å². The van der Waals surface area contributed by atoms with Gasteiger partial charge in [0, 0.05) is 30.4 Å². The fourth-order valence-corrected chi connectivity index (χ4v) is 5.91. The Kier molecular flexibility index (Phi) is 6.69. The molecule has 2 amide bonds. The molecule has 5 heteroatoms. The standard InChI is InChI=1S/C29H32N2O3/c32-20-26-28(23-16-14-22(15-17-23)11-7-10-21-8-3-1-4-9-21)25-18-30(19-27(33)31(25)26)29(34)24-12-5-2-6-13-24/h1,3-4,8-9,14-17,24-26,28,32H,2,5-6,10,12-13,18-20H2/t25-,26-,28-/m1/s1. The molecule has 5 rings (SSSR count). The fourth-order valence-electron chi connectivity index (χ4n) is 5.91. The maximum absolute atomic E-state index is 13.1. The molecule has 3 aliphatic rings. The predicted octanol–water partition coefficient (Wildman–Crippen LogP) is 3.36. The minimum atomic E-state index is -0.223. The Hall–Kier alpha value is -3.10. The zero-order valence-electron chi connectivity index (χ0n) is 19.5. The van der Waals surface area contributed by atoms with Gasteiger partial charge in [0.15, 0.2) is 0 Å². The lowest BCUT2D eigenvalue weighted by Gasteiger charge is -2.59. The Labute approximate surface area is 201 Å². The topological polar surface area (TPSA) is 60.9 Å². The van der Waals surface area contributed by atoms with Gasteiger partial charge in [-0.2, -0.15) is 0 Å². The SMILES string of the molecule is O=C(C1CCCCC1)N1CC(=O)N2[C@H](CO)[C@H](c3ccc(C#CCc4ccccc4)cc3)[C@H]2C1. The first-order valence-corrected chi connectivity index (χ1v) is 12.5. The molecule has 2 aromatic carbocycles. The van der Waals surface area contributed by atoms with Crippen molar-refractivity contribution in [2.45, 2.75) is 56.5 Å². The highest BCUT2D eigenvalue weighted by Crippen LogP contribution is 2.43. The number of carbonyl (C=O) groups excluding carboxylic acids is 2. The van der Waals surface area contributed by atoms with Crippen LogP contribution in [0.25, 0.3) is 0 Å². The van der Waals surface area contributed by atoms with Crippen LogP contribution in [-0.2, 0) is 16.0 Å². The summed E-state index contributed by atoms with van der Waals surface area (Å²) in [7, 11) is 0. The fraction of sp³-hybridized carbons (Fsp3) is 0.448. The molecule has 0 radical (unpaired) electrons. The van der Waals surface area contributed by atoms with Crippen LogP contribution in [0.1, 0.15) is 54.7 Å². The van der Waals surface area contributed by atoms with Crippen molar-refractivity contribution in [2.75, 3.05) is 19.7 Å². The summed E-state index contributed by atoms with van der Waals surface area (Å²) >= 11 is 0. The average Bonchev–Trinajstić information content (AvgIpc) is 2.87. The first-order valence-electron chi connectivity index (χ1n) is 12.5. The summed E-state index contributed by atoms with van der Waals surface area (Å²) in [6.45, 7) is 0.633. The number of hydrogen-bond acceptors (Lipinski definition) is 3. The van der Waals surface area contributed by atoms with Gasteiger partial charge in [0.1, 0.15) is 0 Å². The van der Waals surface area contributed by atoms with Crippen LogP contribution >= 0.6 is 0 Å². The zero-order chi connectivity index (χ0) is 23.5. The number of benzene rings is 2. The smallest absolute Gasteiger partial charge is 0.242 e. The minimum absolute atomic E-state index is 0.0298. The van der Waals surface area contributed by atoms with E-state index in [2.05, 4.69) is 36.1 Å². The summed E-state index contributed by atoms with van der Waals surface area (Å²) in [5.41, 5.74) is 3.24. The van der Waals surface area contributed by atoms with Gasteiger partial charge in [0.05, 0.1) is 25.2 Å². The first kappa shape index (κ1) is 22.7. The van der Waals surface area contributed by atoms with Crippen LogP contribution in [0.4, 0.5) is 0 Å². The first-order chi connectivity index (χ1) is 16.7. The summed E-state index contributed by atoms with van der Waals surface area (Å²) in [6.07, 6.45) is 5.99. The second kappa shape index (κ2) is 10.0. The van der Waals surface area contributed by atoms with Crippen molar-refractivity contribution in [2.24, 2.45) is 5.92 Å². The molecule has 34 heavy (non-hydrogen) atoms. The summed E-state index contributed by atoms with van der Waals surface area (Å²) in [5.74, 6) is 6.65. The second-order valence-corrected chi connectivity index (χ2v) is 9.78. The Bertz CT molecular complexity index is 1080. The Morgan fingerprint density at radius 3 is 2.44 bits per heavy atom. The molecule has 0 unspecified atom stereocenters. The van der Waals surface area contributed by atoms with E-state index >= 15 is 0 Å². The van der Waals surface area contributed by atoms with Crippen molar-refractivity contribution >= 4 is 11.8 Å². The number of amides is 2. The molecule has 0 aromatic heterocycles. The molecular formula is C29H32N2O3. The summed E-state index contributed by atoms with van der Waals surface area (Å²) in [4.78, 5) is 29.6. The summed E-state index contributed by atoms with van der Waals surface area (Å²) in [6, 6.07) is 18.0. The number of carbonyl (C=O) groups is 2. The van der Waals surface area contributed by atoms with E-state index in [9.17, 15) is 14.7 Å². The largest absolute Gasteiger partial charge is 0.394 e. The number of aliphatic hydroxyl groups is 1. The highest BCUT2D eigenvalue weighted by atomic mass is 16.3. The summed E-state index contributed by atoms with van der Waals surface area (Å²) in [5, 5.41) is 10.0. The number of piperazine rings is 1. The molecule has 2 heterocycles. The third kappa shape index (κ3) is 4.48. The molecule has 2 aromatic rings. The molecular weight excluding hydrogens is 424 g/mol. The Morgan fingerprint density at radius 1 is 1.00 bits per heavy atom. The predicted molar refractivity (Wildman–Crippen MR) is 131 cm³/mol. The van der Waals surface area contributed by atoms with Crippen LogP contribution in [0.2, 0.25) is 0 Å². The van der Waals surface area contributed by atoms with Gasteiger partial charge in [-0.15, -0.1) is 0 Å². The molecule has 1 N–H and O–H groups in total. The van der Waals surface area contributed by atoms with Crippen LogP contribution in [0.5, 0.6) is 0 Å². The van der Waals surface area contributed by atoms with Crippen molar-refractivity contribution in [1.29, 1.82) is 0 Å². The van der Waals surface area contributed by atoms with Gasteiger partial charge in [-0.1, -0.05) is 73.6 Å². The average molecular weight is 457 g/mol. The van der Waals surface area contributed by atoms with Gasteiger partial charge >= 0.3 is 0 Å². The molecule has 3 atom stereocenters. The lowest BCUT2D eigenvalue weighted by molar-refractivity contribution is -0.168. The van der Waals surface area contributed by atoms with Crippen molar-refractivity contribution in [3.8, 4) is 11.8 Å².